The lowest BCUT2D eigenvalue weighted by atomic mass is 10.0. The Labute approximate surface area is 157 Å². The Kier molecular flexibility index (Phi) is 6.17. The van der Waals surface area contributed by atoms with E-state index in [-0.39, 0.29) is 24.4 Å². The lowest BCUT2D eigenvalue weighted by molar-refractivity contribution is 0.0702. The molecule has 1 aliphatic rings. The van der Waals surface area contributed by atoms with Crippen LogP contribution in [0.2, 0.25) is 0 Å². The van der Waals surface area contributed by atoms with Crippen molar-refractivity contribution in [1.82, 2.24) is 14.8 Å². The summed E-state index contributed by atoms with van der Waals surface area (Å²) >= 11 is 5.49. The molecule has 0 aliphatic carbocycles. The number of hydrogen-bond acceptors (Lipinski definition) is 3. The van der Waals surface area contributed by atoms with Gasteiger partial charge >= 0.3 is 6.09 Å². The van der Waals surface area contributed by atoms with Crippen LogP contribution >= 0.6 is 11.6 Å². The molecule has 1 fully saturated rings. The first-order valence-electron chi connectivity index (χ1n) is 8.69. The first kappa shape index (κ1) is 18.3. The lowest BCUT2D eigenvalue weighted by Gasteiger charge is -2.32. The summed E-state index contributed by atoms with van der Waals surface area (Å²) in [6.45, 7) is 1.42. The van der Waals surface area contributed by atoms with Crippen LogP contribution in [0.15, 0.2) is 48.8 Å². The number of nitrogens with one attached hydrogen (secondary N) is 1. The molecule has 1 aliphatic heterocycles. The summed E-state index contributed by atoms with van der Waals surface area (Å²) < 4.78 is 6.91. The van der Waals surface area contributed by atoms with Gasteiger partial charge in [0.2, 0.25) is 0 Å². The quantitative estimate of drug-likeness (QED) is 0.817. The molecule has 1 aromatic heterocycles. The average Bonchev–Trinajstić information content (AvgIpc) is 3.21. The Morgan fingerprint density at radius 2 is 1.77 bits per heavy atom. The van der Waals surface area contributed by atoms with Crippen LogP contribution < -0.4 is 5.32 Å². The predicted octanol–water partition coefficient (Wildman–Crippen LogP) is 3.05. The molecule has 1 N–H and O–H groups in total. The summed E-state index contributed by atoms with van der Waals surface area (Å²) in [5.74, 6) is 0.302. The number of amides is 2. The molecule has 0 bridgehead atoms. The van der Waals surface area contributed by atoms with Crippen molar-refractivity contribution >= 4 is 23.6 Å². The predicted molar refractivity (Wildman–Crippen MR) is 99.9 cm³/mol. The number of carbonyl (C=O) groups excluding carboxylic acids is 2. The van der Waals surface area contributed by atoms with Gasteiger partial charge in [0.1, 0.15) is 6.61 Å². The van der Waals surface area contributed by atoms with Gasteiger partial charge < -0.3 is 19.5 Å². The zero-order valence-electron chi connectivity index (χ0n) is 14.4. The van der Waals surface area contributed by atoms with E-state index in [2.05, 4.69) is 5.32 Å². The molecule has 26 heavy (non-hydrogen) atoms. The number of aromatic nitrogens is 1. The van der Waals surface area contributed by atoms with E-state index in [0.29, 0.717) is 31.5 Å². The number of likely N-dealkylation sites (tertiary alicyclic amines) is 1. The SMILES string of the molecule is O=C(NC1CCN(C(=O)c2ccc(-n3cccc3)cc2)CC1)OCCCl. The highest BCUT2D eigenvalue weighted by Crippen LogP contribution is 2.16. The number of benzene rings is 1. The molecule has 2 aromatic rings. The van der Waals surface area contributed by atoms with Crippen LogP contribution in [-0.2, 0) is 4.74 Å². The van der Waals surface area contributed by atoms with E-state index >= 15 is 0 Å². The molecule has 6 nitrogen and oxygen atoms in total. The van der Waals surface area contributed by atoms with Gasteiger partial charge in [-0.25, -0.2) is 4.79 Å². The highest BCUT2D eigenvalue weighted by molar-refractivity contribution is 6.18. The fourth-order valence-corrected chi connectivity index (χ4v) is 3.11. The minimum Gasteiger partial charge on any atom is -0.448 e. The fraction of sp³-hybridized carbons (Fsp3) is 0.368. The smallest absolute Gasteiger partial charge is 0.407 e. The van der Waals surface area contributed by atoms with Crippen molar-refractivity contribution in [1.29, 1.82) is 0 Å². The van der Waals surface area contributed by atoms with Crippen molar-refractivity contribution in [2.75, 3.05) is 25.6 Å². The molecular weight excluding hydrogens is 354 g/mol. The van der Waals surface area contributed by atoms with Gasteiger partial charge in [0.15, 0.2) is 0 Å². The number of alkyl halides is 1. The molecule has 3 rings (SSSR count). The van der Waals surface area contributed by atoms with Gasteiger partial charge in [-0.1, -0.05) is 0 Å². The second kappa shape index (κ2) is 8.76. The maximum Gasteiger partial charge on any atom is 0.407 e. The second-order valence-corrected chi connectivity index (χ2v) is 6.55. The topological polar surface area (TPSA) is 63.6 Å². The van der Waals surface area contributed by atoms with Crippen LogP contribution in [0.3, 0.4) is 0 Å². The largest absolute Gasteiger partial charge is 0.448 e. The third kappa shape index (κ3) is 4.58. The molecule has 0 atom stereocenters. The summed E-state index contributed by atoms with van der Waals surface area (Å²) in [5, 5.41) is 2.82. The number of hydrogen-bond donors (Lipinski definition) is 1. The molecule has 7 heteroatoms. The number of ether oxygens (including phenoxy) is 1. The van der Waals surface area contributed by atoms with Crippen molar-refractivity contribution in [2.24, 2.45) is 0 Å². The van der Waals surface area contributed by atoms with Crippen LogP contribution in [0.25, 0.3) is 5.69 Å². The number of rotatable bonds is 5. The zero-order chi connectivity index (χ0) is 18.4. The van der Waals surface area contributed by atoms with Crippen LogP contribution in [0.5, 0.6) is 0 Å². The van der Waals surface area contributed by atoms with Gasteiger partial charge in [-0.05, 0) is 49.2 Å². The number of nitrogens with zero attached hydrogens (tertiary/aromatic N) is 2. The van der Waals surface area contributed by atoms with Gasteiger partial charge in [0.25, 0.3) is 5.91 Å². The Morgan fingerprint density at radius 1 is 1.12 bits per heavy atom. The van der Waals surface area contributed by atoms with Crippen molar-refractivity contribution in [3.63, 3.8) is 0 Å². The minimum atomic E-state index is -0.448. The van der Waals surface area contributed by atoms with Crippen LogP contribution in [-0.4, -0.2) is 53.1 Å². The maximum atomic E-state index is 12.7. The summed E-state index contributed by atoms with van der Waals surface area (Å²) in [6.07, 6.45) is 4.90. The minimum absolute atomic E-state index is 0.0206. The summed E-state index contributed by atoms with van der Waals surface area (Å²) in [6, 6.07) is 11.5. The number of halogens is 1. The second-order valence-electron chi connectivity index (χ2n) is 6.17. The third-order valence-corrected chi connectivity index (χ3v) is 4.59. The molecule has 1 aromatic carbocycles. The van der Waals surface area contributed by atoms with Crippen molar-refractivity contribution in [2.45, 2.75) is 18.9 Å². The third-order valence-electron chi connectivity index (χ3n) is 4.43. The molecule has 2 heterocycles. The highest BCUT2D eigenvalue weighted by atomic mass is 35.5. The van der Waals surface area contributed by atoms with Crippen molar-refractivity contribution in [3.8, 4) is 5.69 Å². The van der Waals surface area contributed by atoms with Gasteiger partial charge in [0.05, 0.1) is 5.88 Å². The van der Waals surface area contributed by atoms with E-state index < -0.39 is 6.09 Å². The Bertz CT molecular complexity index is 723. The number of carbonyl (C=O) groups is 2. The van der Waals surface area contributed by atoms with Gasteiger partial charge in [-0.3, -0.25) is 4.79 Å². The summed E-state index contributed by atoms with van der Waals surface area (Å²) in [5.41, 5.74) is 1.69. The summed E-state index contributed by atoms with van der Waals surface area (Å²) in [7, 11) is 0. The first-order valence-corrected chi connectivity index (χ1v) is 9.23. The lowest BCUT2D eigenvalue weighted by Crippen LogP contribution is -2.46. The highest BCUT2D eigenvalue weighted by Gasteiger charge is 2.24. The van der Waals surface area contributed by atoms with Crippen LogP contribution in [0.1, 0.15) is 23.2 Å². The van der Waals surface area contributed by atoms with E-state index in [4.69, 9.17) is 16.3 Å². The fourth-order valence-electron chi connectivity index (χ4n) is 3.03. The van der Waals surface area contributed by atoms with Gasteiger partial charge in [-0.2, -0.15) is 0 Å². The molecule has 0 spiro atoms. The molecule has 2 amide bonds. The monoisotopic (exact) mass is 375 g/mol. The van der Waals surface area contributed by atoms with Crippen molar-refractivity contribution < 1.29 is 14.3 Å². The molecule has 1 saturated heterocycles. The Morgan fingerprint density at radius 3 is 2.38 bits per heavy atom. The van der Waals surface area contributed by atoms with Gasteiger partial charge in [-0.15, -0.1) is 11.6 Å². The van der Waals surface area contributed by atoms with E-state index in [0.717, 1.165) is 5.69 Å². The maximum absolute atomic E-state index is 12.7. The Balaban J connectivity index is 1.51. The van der Waals surface area contributed by atoms with E-state index in [1.54, 1.807) is 0 Å². The van der Waals surface area contributed by atoms with Gasteiger partial charge in [0, 0.05) is 42.8 Å². The first-order chi connectivity index (χ1) is 12.7. The molecule has 0 radical (unpaired) electrons. The number of alkyl carbamates (subject to hydrolysis) is 1. The Hall–Kier alpha value is -2.47. The average molecular weight is 376 g/mol. The number of piperidine rings is 1. The van der Waals surface area contributed by atoms with E-state index in [9.17, 15) is 9.59 Å². The molecule has 138 valence electrons. The van der Waals surface area contributed by atoms with E-state index in [1.807, 2.05) is 58.3 Å². The molecular formula is C19H22ClN3O3. The normalized spacial score (nSPS) is 14.9. The summed E-state index contributed by atoms with van der Waals surface area (Å²) in [4.78, 5) is 26.0. The molecule has 0 unspecified atom stereocenters. The van der Waals surface area contributed by atoms with Crippen LogP contribution in [0, 0.1) is 0 Å². The molecule has 0 saturated carbocycles. The zero-order valence-corrected chi connectivity index (χ0v) is 15.2. The standard InChI is InChI=1S/C19H22ClN3O3/c20-9-14-26-19(25)21-16-7-12-23(13-8-16)18(24)15-3-5-17(6-4-15)22-10-1-2-11-22/h1-6,10-11,16H,7-9,12-14H2,(H,21,25). The van der Waals surface area contributed by atoms with Crippen LogP contribution in [0.4, 0.5) is 4.79 Å². The van der Waals surface area contributed by atoms with E-state index in [1.165, 1.54) is 0 Å². The van der Waals surface area contributed by atoms with Crippen molar-refractivity contribution in [3.05, 3.63) is 54.4 Å².